The maximum atomic E-state index is 10.8. The number of hydrogen-bond donors (Lipinski definition) is 2. The Morgan fingerprint density at radius 1 is 1.00 bits per heavy atom. The number of carboxylic acid groups (broad SMARTS) is 1. The topological polar surface area (TPSA) is 93.1 Å². The fourth-order valence-electron chi connectivity index (χ4n) is 1.27. The zero-order valence-electron chi connectivity index (χ0n) is 13.3. The third kappa shape index (κ3) is 11.2. The van der Waals surface area contributed by atoms with Gasteiger partial charge in [-0.25, -0.2) is 4.79 Å². The zero-order valence-corrected chi connectivity index (χ0v) is 15.3. The summed E-state index contributed by atoms with van der Waals surface area (Å²) in [5, 5.41) is 15.7. The fraction of sp³-hybridized carbons (Fsp3) is 0.125. The van der Waals surface area contributed by atoms with Gasteiger partial charge < -0.3 is 19.7 Å². The number of carbonyl (C=O) groups excluding carboxylic acids is 1. The molecule has 2 N–H and O–H groups in total. The smallest absolute Gasteiger partial charge is 0.337 e. The minimum Gasteiger partial charge on any atom is -0.508 e. The Labute approximate surface area is 157 Å². The second kappa shape index (κ2) is 14.9. The van der Waals surface area contributed by atoms with Crippen LogP contribution in [-0.4, -0.2) is 66.4 Å². The quantitative estimate of drug-likeness (QED) is 0.498. The first-order chi connectivity index (χ1) is 10.6. The summed E-state index contributed by atoms with van der Waals surface area (Å²) in [5.74, 6) is 0.648. The van der Waals surface area contributed by atoms with Gasteiger partial charge in [0.25, 0.3) is 6.47 Å². The van der Waals surface area contributed by atoms with Gasteiger partial charge in [-0.3, -0.25) is 4.79 Å². The third-order valence-electron chi connectivity index (χ3n) is 2.27. The molecule has 23 heavy (non-hydrogen) atoms. The monoisotopic (exact) mass is 329 g/mol. The third-order valence-corrected chi connectivity index (χ3v) is 2.27. The maximum Gasteiger partial charge on any atom is 0.337 e. The Morgan fingerprint density at radius 2 is 1.48 bits per heavy atom. The SMILES string of the molecule is COC(=O)c1ccc(O)cc1.COc1ccccc1.O=CO.[Na]. The molecule has 1 radical (unpaired) electrons. The van der Waals surface area contributed by atoms with Crippen LogP contribution < -0.4 is 4.74 Å². The van der Waals surface area contributed by atoms with Crippen molar-refractivity contribution in [1.82, 2.24) is 0 Å². The van der Waals surface area contributed by atoms with Crippen molar-refractivity contribution in [2.24, 2.45) is 0 Å². The zero-order chi connectivity index (χ0) is 16.8. The molecule has 0 bridgehead atoms. The number of carbonyl (C=O) groups is 2. The Kier molecular flexibility index (Phi) is 15.1. The molecule has 2 aromatic rings. The number of methoxy groups -OCH3 is 2. The van der Waals surface area contributed by atoms with Crippen molar-refractivity contribution >= 4 is 42.0 Å². The van der Waals surface area contributed by atoms with Gasteiger partial charge in [-0.15, -0.1) is 0 Å². The first kappa shape index (κ1) is 23.2. The van der Waals surface area contributed by atoms with Crippen LogP contribution in [0.3, 0.4) is 0 Å². The van der Waals surface area contributed by atoms with Crippen LogP contribution in [0.4, 0.5) is 0 Å². The summed E-state index contributed by atoms with van der Waals surface area (Å²) in [5.41, 5.74) is 0.435. The van der Waals surface area contributed by atoms with Crippen molar-refractivity contribution in [2.75, 3.05) is 14.2 Å². The molecule has 0 saturated heterocycles. The van der Waals surface area contributed by atoms with Gasteiger partial charge in [0.1, 0.15) is 11.5 Å². The molecule has 6 nitrogen and oxygen atoms in total. The number of hydrogen-bond acceptors (Lipinski definition) is 5. The van der Waals surface area contributed by atoms with E-state index in [-0.39, 0.29) is 41.8 Å². The summed E-state index contributed by atoms with van der Waals surface area (Å²) >= 11 is 0. The molecule has 0 saturated carbocycles. The standard InChI is InChI=1S/C8H8O3.C7H8O.CH2O2.Na/c1-11-8(10)6-2-4-7(9)5-3-6;1-8-7-5-3-2-4-6-7;2-1-3;/h2-5,9H,1H3;2-6H,1H3;1H,(H,2,3);. The molecule has 0 spiro atoms. The Balaban J connectivity index is 0. The van der Waals surface area contributed by atoms with E-state index in [0.29, 0.717) is 5.56 Å². The molecular weight excluding hydrogens is 311 g/mol. The van der Waals surface area contributed by atoms with Crippen molar-refractivity contribution < 1.29 is 29.3 Å². The van der Waals surface area contributed by atoms with Gasteiger partial charge in [-0.05, 0) is 36.4 Å². The van der Waals surface area contributed by atoms with Gasteiger partial charge in [0, 0.05) is 29.6 Å². The minimum atomic E-state index is -0.398. The Morgan fingerprint density at radius 3 is 1.83 bits per heavy atom. The molecule has 119 valence electrons. The summed E-state index contributed by atoms with van der Waals surface area (Å²) in [6.07, 6.45) is 0. The predicted octanol–water partition coefficient (Wildman–Crippen LogP) is 2.19. The average Bonchev–Trinajstić information content (AvgIpc) is 2.57. The van der Waals surface area contributed by atoms with Crippen LogP contribution in [0.2, 0.25) is 0 Å². The first-order valence-electron chi connectivity index (χ1n) is 6.13. The normalized spacial score (nSPS) is 7.91. The van der Waals surface area contributed by atoms with E-state index in [1.54, 1.807) is 7.11 Å². The van der Waals surface area contributed by atoms with E-state index in [0.717, 1.165) is 5.75 Å². The second-order valence-electron chi connectivity index (χ2n) is 3.66. The molecule has 2 aromatic carbocycles. The molecule has 0 aliphatic rings. The number of benzene rings is 2. The Hall–Kier alpha value is -2.02. The van der Waals surface area contributed by atoms with Crippen LogP contribution in [0.15, 0.2) is 54.6 Å². The van der Waals surface area contributed by atoms with Crippen LogP contribution in [0, 0.1) is 0 Å². The van der Waals surface area contributed by atoms with Crippen LogP contribution in [0.1, 0.15) is 10.4 Å². The van der Waals surface area contributed by atoms with Gasteiger partial charge in [-0.2, -0.15) is 0 Å². The fourth-order valence-corrected chi connectivity index (χ4v) is 1.27. The predicted molar refractivity (Wildman–Crippen MR) is 86.9 cm³/mol. The van der Waals surface area contributed by atoms with E-state index in [4.69, 9.17) is 19.7 Å². The molecule has 2 rings (SSSR count). The molecule has 0 unspecified atom stereocenters. The summed E-state index contributed by atoms with van der Waals surface area (Å²) in [7, 11) is 2.98. The van der Waals surface area contributed by atoms with Gasteiger partial charge in [0.15, 0.2) is 0 Å². The molecule has 0 aliphatic carbocycles. The molecule has 0 aliphatic heterocycles. The van der Waals surface area contributed by atoms with E-state index < -0.39 is 5.97 Å². The van der Waals surface area contributed by atoms with Crippen molar-refractivity contribution in [3.63, 3.8) is 0 Å². The van der Waals surface area contributed by atoms with Crippen molar-refractivity contribution in [3.05, 3.63) is 60.2 Å². The van der Waals surface area contributed by atoms with Crippen LogP contribution in [-0.2, 0) is 9.53 Å². The first-order valence-corrected chi connectivity index (χ1v) is 6.13. The number of ether oxygens (including phenoxy) is 2. The van der Waals surface area contributed by atoms with E-state index >= 15 is 0 Å². The molecule has 0 heterocycles. The molecule has 0 fully saturated rings. The maximum absolute atomic E-state index is 10.8. The number of phenols is 1. The minimum absolute atomic E-state index is 0. The molecule has 0 atom stereocenters. The number of phenolic OH excluding ortho intramolecular Hbond substituents is 1. The summed E-state index contributed by atoms with van der Waals surface area (Å²) in [6, 6.07) is 15.6. The van der Waals surface area contributed by atoms with E-state index in [1.165, 1.54) is 31.4 Å². The van der Waals surface area contributed by atoms with E-state index in [2.05, 4.69) is 4.74 Å². The molecular formula is C16H18NaO6. The van der Waals surface area contributed by atoms with Gasteiger partial charge in [0.05, 0.1) is 19.8 Å². The van der Waals surface area contributed by atoms with Crippen LogP contribution in [0.25, 0.3) is 0 Å². The number of rotatable bonds is 2. The van der Waals surface area contributed by atoms with Crippen LogP contribution in [0.5, 0.6) is 11.5 Å². The molecule has 0 amide bonds. The number of esters is 1. The number of para-hydroxylation sites is 1. The van der Waals surface area contributed by atoms with Crippen molar-refractivity contribution in [1.29, 1.82) is 0 Å². The summed E-state index contributed by atoms with van der Waals surface area (Å²) in [4.78, 5) is 19.2. The summed E-state index contributed by atoms with van der Waals surface area (Å²) < 4.78 is 9.37. The largest absolute Gasteiger partial charge is 0.508 e. The van der Waals surface area contributed by atoms with E-state index in [1.807, 2.05) is 30.3 Å². The number of aromatic hydroxyl groups is 1. The molecule has 0 aromatic heterocycles. The van der Waals surface area contributed by atoms with Gasteiger partial charge in [-0.1, -0.05) is 18.2 Å². The molecule has 7 heteroatoms. The second-order valence-corrected chi connectivity index (χ2v) is 3.66. The van der Waals surface area contributed by atoms with Gasteiger partial charge in [0.2, 0.25) is 0 Å². The van der Waals surface area contributed by atoms with Crippen LogP contribution >= 0.6 is 0 Å². The van der Waals surface area contributed by atoms with E-state index in [9.17, 15) is 4.79 Å². The van der Waals surface area contributed by atoms with Gasteiger partial charge >= 0.3 is 5.97 Å². The Bertz CT molecular complexity index is 542. The van der Waals surface area contributed by atoms with Crippen molar-refractivity contribution in [2.45, 2.75) is 0 Å². The van der Waals surface area contributed by atoms with Crippen molar-refractivity contribution in [3.8, 4) is 11.5 Å². The summed E-state index contributed by atoms with van der Waals surface area (Å²) in [6.45, 7) is -0.250. The average molecular weight is 329 g/mol.